The lowest BCUT2D eigenvalue weighted by atomic mass is 10.0. The highest BCUT2D eigenvalue weighted by Crippen LogP contribution is 2.00. The van der Waals surface area contributed by atoms with Crippen molar-refractivity contribution in [2.45, 2.75) is 5.54 Å². The van der Waals surface area contributed by atoms with E-state index in [9.17, 15) is 0 Å². The largest absolute Gasteiger partial charge is 0.394 e. The van der Waals surface area contributed by atoms with Gasteiger partial charge in [0.1, 0.15) is 0 Å². The first kappa shape index (κ1) is 11.9. The summed E-state index contributed by atoms with van der Waals surface area (Å²) in [5.74, 6) is 0. The summed E-state index contributed by atoms with van der Waals surface area (Å²) in [6, 6.07) is 0. The number of hydrogen-bond acceptors (Lipinski definition) is 4. The van der Waals surface area contributed by atoms with Gasteiger partial charge in [0.05, 0.1) is 25.4 Å². The zero-order chi connectivity index (χ0) is 9.45. The first-order chi connectivity index (χ1) is 5.74. The van der Waals surface area contributed by atoms with E-state index in [-0.39, 0.29) is 19.8 Å². The third kappa shape index (κ3) is 3.51. The number of aliphatic hydroxyl groups excluding tert-OH is 3. The molecule has 0 spiro atoms. The van der Waals surface area contributed by atoms with Gasteiger partial charge in [-0.1, -0.05) is 17.7 Å². The number of aliphatic hydroxyl groups is 3. The monoisotopic (exact) mass is 195 g/mol. The van der Waals surface area contributed by atoms with Crippen molar-refractivity contribution >= 4 is 11.6 Å². The van der Waals surface area contributed by atoms with Crippen molar-refractivity contribution in [1.82, 2.24) is 5.32 Å². The van der Waals surface area contributed by atoms with Crippen molar-refractivity contribution in [2.75, 3.05) is 26.4 Å². The Kier molecular flexibility index (Phi) is 6.32. The molecule has 4 nitrogen and oxygen atoms in total. The van der Waals surface area contributed by atoms with Gasteiger partial charge in [0.2, 0.25) is 0 Å². The fourth-order valence-corrected chi connectivity index (χ4v) is 0.727. The van der Waals surface area contributed by atoms with Crippen LogP contribution in [0.2, 0.25) is 0 Å². The molecule has 0 rings (SSSR count). The van der Waals surface area contributed by atoms with Crippen LogP contribution in [0.3, 0.4) is 0 Å². The van der Waals surface area contributed by atoms with Crippen LogP contribution in [0.25, 0.3) is 0 Å². The van der Waals surface area contributed by atoms with Gasteiger partial charge in [0, 0.05) is 12.1 Å². The second-order valence-corrected chi connectivity index (χ2v) is 2.75. The molecule has 0 bridgehead atoms. The topological polar surface area (TPSA) is 72.7 Å². The smallest absolute Gasteiger partial charge is 0.0884 e. The van der Waals surface area contributed by atoms with Crippen LogP contribution in [0, 0.1) is 0 Å². The molecule has 0 aromatic heterocycles. The van der Waals surface area contributed by atoms with E-state index in [4.69, 9.17) is 26.9 Å². The second kappa shape index (κ2) is 6.39. The zero-order valence-corrected chi connectivity index (χ0v) is 7.46. The van der Waals surface area contributed by atoms with Gasteiger partial charge < -0.3 is 20.6 Å². The summed E-state index contributed by atoms with van der Waals surface area (Å²) in [4.78, 5) is 0. The molecule has 0 aromatic carbocycles. The minimum absolute atomic E-state index is 0.323. The predicted octanol–water partition coefficient (Wildman–Crippen LogP) is -0.956. The van der Waals surface area contributed by atoms with E-state index in [2.05, 4.69) is 5.32 Å². The Morgan fingerprint density at radius 3 is 2.00 bits per heavy atom. The molecule has 0 heterocycles. The van der Waals surface area contributed by atoms with Gasteiger partial charge in [0.15, 0.2) is 0 Å². The molecule has 0 aromatic rings. The highest BCUT2D eigenvalue weighted by Gasteiger charge is 2.26. The van der Waals surface area contributed by atoms with Crippen molar-refractivity contribution in [1.29, 1.82) is 0 Å². The number of halogens is 1. The van der Waals surface area contributed by atoms with Crippen molar-refractivity contribution in [3.05, 3.63) is 11.6 Å². The summed E-state index contributed by atoms with van der Waals surface area (Å²) in [7, 11) is 0. The van der Waals surface area contributed by atoms with Crippen molar-refractivity contribution in [2.24, 2.45) is 0 Å². The summed E-state index contributed by atoms with van der Waals surface area (Å²) in [6.45, 7) is -0.576. The van der Waals surface area contributed by atoms with E-state index in [1.165, 1.54) is 5.54 Å². The first-order valence-corrected chi connectivity index (χ1v) is 4.01. The Morgan fingerprint density at radius 2 is 1.67 bits per heavy atom. The molecule has 72 valence electrons. The standard InChI is InChI=1S/C7H14ClNO3/c8-2-1-3-9-7(4-10,5-11)6-12/h1-2,9-12H,3-6H2/b2-1+. The molecular formula is C7H14ClNO3. The molecule has 0 atom stereocenters. The third-order valence-electron chi connectivity index (χ3n) is 1.59. The van der Waals surface area contributed by atoms with E-state index in [0.717, 1.165) is 0 Å². The molecule has 0 saturated heterocycles. The minimum atomic E-state index is -1.02. The molecule has 0 fully saturated rings. The van der Waals surface area contributed by atoms with Crippen molar-refractivity contribution in [3.8, 4) is 0 Å². The molecule has 0 unspecified atom stereocenters. The van der Waals surface area contributed by atoms with Crippen LogP contribution in [0.1, 0.15) is 0 Å². The summed E-state index contributed by atoms with van der Waals surface area (Å²) in [6.07, 6.45) is 1.61. The highest BCUT2D eigenvalue weighted by atomic mass is 35.5. The van der Waals surface area contributed by atoms with Crippen LogP contribution in [-0.2, 0) is 0 Å². The fraction of sp³-hybridized carbons (Fsp3) is 0.714. The minimum Gasteiger partial charge on any atom is -0.394 e. The molecule has 0 saturated carbocycles. The molecule has 4 N–H and O–H groups in total. The molecule has 0 aliphatic heterocycles. The van der Waals surface area contributed by atoms with Crippen molar-refractivity contribution < 1.29 is 15.3 Å². The lowest BCUT2D eigenvalue weighted by molar-refractivity contribution is 0.0452. The van der Waals surface area contributed by atoms with Gasteiger partial charge in [-0.2, -0.15) is 0 Å². The maximum absolute atomic E-state index is 8.84. The van der Waals surface area contributed by atoms with Gasteiger partial charge in [-0.3, -0.25) is 0 Å². The zero-order valence-electron chi connectivity index (χ0n) is 6.70. The lowest BCUT2D eigenvalue weighted by Crippen LogP contribution is -2.54. The van der Waals surface area contributed by atoms with Gasteiger partial charge in [0.25, 0.3) is 0 Å². The van der Waals surface area contributed by atoms with E-state index in [0.29, 0.717) is 6.54 Å². The quantitative estimate of drug-likeness (QED) is 0.441. The van der Waals surface area contributed by atoms with Crippen LogP contribution in [-0.4, -0.2) is 47.2 Å². The number of rotatable bonds is 6. The number of nitrogens with one attached hydrogen (secondary N) is 1. The van der Waals surface area contributed by atoms with Gasteiger partial charge in [-0.05, 0) is 0 Å². The molecule has 0 radical (unpaired) electrons. The summed E-state index contributed by atoms with van der Waals surface area (Å²) >= 11 is 5.25. The maximum atomic E-state index is 8.84. The normalized spacial score (nSPS) is 12.7. The van der Waals surface area contributed by atoms with E-state index in [1.54, 1.807) is 6.08 Å². The summed E-state index contributed by atoms with van der Waals surface area (Å²) < 4.78 is 0. The molecule has 12 heavy (non-hydrogen) atoms. The molecule has 0 aliphatic rings. The van der Waals surface area contributed by atoms with Gasteiger partial charge in [-0.15, -0.1) is 0 Å². The fourth-order valence-electron chi connectivity index (χ4n) is 0.638. The highest BCUT2D eigenvalue weighted by molar-refractivity contribution is 6.25. The van der Waals surface area contributed by atoms with Gasteiger partial charge in [-0.25, -0.2) is 0 Å². The molecule has 0 amide bonds. The van der Waals surface area contributed by atoms with Gasteiger partial charge >= 0.3 is 0 Å². The predicted molar refractivity (Wildman–Crippen MR) is 47.0 cm³/mol. The van der Waals surface area contributed by atoms with E-state index in [1.807, 2.05) is 0 Å². The third-order valence-corrected chi connectivity index (χ3v) is 1.77. The summed E-state index contributed by atoms with van der Waals surface area (Å²) in [5, 5.41) is 29.3. The van der Waals surface area contributed by atoms with Crippen LogP contribution < -0.4 is 5.32 Å². The van der Waals surface area contributed by atoms with Crippen LogP contribution in [0.4, 0.5) is 0 Å². The second-order valence-electron chi connectivity index (χ2n) is 2.50. The Labute approximate surface area is 76.5 Å². The Hall–Kier alpha value is -0.130. The molecular weight excluding hydrogens is 182 g/mol. The van der Waals surface area contributed by atoms with Crippen LogP contribution in [0.5, 0.6) is 0 Å². The molecule has 5 heteroatoms. The Morgan fingerprint density at radius 1 is 1.17 bits per heavy atom. The maximum Gasteiger partial charge on any atom is 0.0884 e. The average molecular weight is 196 g/mol. The Balaban J connectivity index is 3.92. The Bertz CT molecular complexity index is 128. The van der Waals surface area contributed by atoms with Crippen LogP contribution >= 0.6 is 11.6 Å². The van der Waals surface area contributed by atoms with E-state index < -0.39 is 5.54 Å². The van der Waals surface area contributed by atoms with E-state index >= 15 is 0 Å². The number of hydrogen-bond donors (Lipinski definition) is 4. The SMILES string of the molecule is OCC(CO)(CO)NC/C=C/Cl. The lowest BCUT2D eigenvalue weighted by Gasteiger charge is -2.28. The first-order valence-electron chi connectivity index (χ1n) is 3.57. The average Bonchev–Trinajstić information content (AvgIpc) is 2.14. The molecule has 0 aliphatic carbocycles. The van der Waals surface area contributed by atoms with Crippen LogP contribution in [0.15, 0.2) is 11.6 Å². The summed E-state index contributed by atoms with van der Waals surface area (Å²) in [5.41, 5.74) is 0.306. The van der Waals surface area contributed by atoms with Crippen molar-refractivity contribution in [3.63, 3.8) is 0 Å².